The summed E-state index contributed by atoms with van der Waals surface area (Å²) in [6.45, 7) is 0. The average Bonchev–Trinajstić information content (AvgIpc) is 1.69. The molecule has 1 heterocycles. The third-order valence-electron chi connectivity index (χ3n) is 0.625. The van der Waals surface area contributed by atoms with Crippen LogP contribution in [0.4, 0.5) is 0 Å². The van der Waals surface area contributed by atoms with Crippen LogP contribution in [0.3, 0.4) is 0 Å². The number of hydrogen-bond acceptors (Lipinski definition) is 3. The summed E-state index contributed by atoms with van der Waals surface area (Å²) in [7, 11) is 0.345. The Morgan fingerprint density at radius 2 is 2.57 bits per heavy atom. The van der Waals surface area contributed by atoms with Crippen LogP contribution in [-0.2, 0) is 14.4 Å². The Bertz CT molecular complexity index is 74.2. The van der Waals surface area contributed by atoms with Gasteiger partial charge in [0.15, 0.2) is 0 Å². The maximum Gasteiger partial charge on any atom is 0.343 e. The molecule has 1 aliphatic rings. The van der Waals surface area contributed by atoms with Gasteiger partial charge in [-0.25, -0.2) is 4.79 Å². The van der Waals surface area contributed by atoms with Crippen molar-refractivity contribution >= 4 is 14.8 Å². The van der Waals surface area contributed by atoms with Gasteiger partial charge in [-0.05, 0) is 0 Å². The fraction of sp³-hybridized carbons (Fsp3) is 0.667. The van der Waals surface area contributed by atoms with Crippen LogP contribution >= 0.6 is 8.81 Å². The van der Waals surface area contributed by atoms with Gasteiger partial charge in [0.25, 0.3) is 0 Å². The zero-order valence-electron chi connectivity index (χ0n) is 3.64. The van der Waals surface area contributed by atoms with Crippen molar-refractivity contribution in [2.45, 2.75) is 6.42 Å². The number of carbonyl (C=O) groups excluding carboxylic acids is 1. The highest BCUT2D eigenvalue weighted by molar-refractivity contribution is 7.32. The normalized spacial score (nSPS) is 24.9. The van der Waals surface area contributed by atoms with E-state index in [4.69, 9.17) is 0 Å². The van der Waals surface area contributed by atoms with Crippen LogP contribution in [0.1, 0.15) is 6.42 Å². The molecule has 0 saturated carbocycles. The van der Waals surface area contributed by atoms with Gasteiger partial charge in [-0.1, -0.05) is 0 Å². The van der Waals surface area contributed by atoms with Crippen molar-refractivity contribution in [1.29, 1.82) is 0 Å². The fourth-order valence-corrected chi connectivity index (χ4v) is 0.854. The molecule has 0 aromatic carbocycles. The summed E-state index contributed by atoms with van der Waals surface area (Å²) in [6.07, 6.45) is 1.33. The molecule has 0 spiro atoms. The van der Waals surface area contributed by atoms with E-state index in [2.05, 4.69) is 9.56 Å². The second-order valence-electron chi connectivity index (χ2n) is 1.18. The van der Waals surface area contributed by atoms with Gasteiger partial charge < -0.3 is 0 Å². The van der Waals surface area contributed by atoms with Gasteiger partial charge in [0.1, 0.15) is 0 Å². The van der Waals surface area contributed by atoms with Crippen LogP contribution in [0.2, 0.25) is 0 Å². The van der Waals surface area contributed by atoms with Crippen LogP contribution in [0.25, 0.3) is 0 Å². The van der Waals surface area contributed by atoms with E-state index in [9.17, 15) is 4.79 Å². The molecule has 4 heteroatoms. The highest BCUT2D eigenvalue weighted by Crippen LogP contribution is 2.18. The van der Waals surface area contributed by atoms with E-state index >= 15 is 0 Å². The Balaban J connectivity index is 2.25. The maximum absolute atomic E-state index is 10.1. The molecule has 1 saturated heterocycles. The molecule has 1 atom stereocenters. The highest BCUT2D eigenvalue weighted by atomic mass is 31.1. The van der Waals surface area contributed by atoms with Crippen molar-refractivity contribution < 1.29 is 14.4 Å². The summed E-state index contributed by atoms with van der Waals surface area (Å²) in [4.78, 5) is 14.3. The lowest BCUT2D eigenvalue weighted by Gasteiger charge is -2.06. The smallest absolute Gasteiger partial charge is 0.295 e. The first kappa shape index (κ1) is 5.01. The first-order chi connectivity index (χ1) is 3.39. The Morgan fingerprint density at radius 3 is 2.86 bits per heavy atom. The number of rotatable bonds is 0. The molecule has 1 rings (SSSR count). The van der Waals surface area contributed by atoms with Crippen molar-refractivity contribution in [3.8, 4) is 0 Å². The SMILES string of the molecule is O=C1CCPOO1. The van der Waals surface area contributed by atoms with Gasteiger partial charge in [0, 0.05) is 6.16 Å². The van der Waals surface area contributed by atoms with Gasteiger partial charge in [-0.3, -0.25) is 4.89 Å². The molecule has 40 valence electrons. The van der Waals surface area contributed by atoms with Crippen molar-refractivity contribution in [1.82, 2.24) is 0 Å². The van der Waals surface area contributed by atoms with Gasteiger partial charge in [-0.15, -0.1) is 0 Å². The van der Waals surface area contributed by atoms with Gasteiger partial charge >= 0.3 is 5.97 Å². The van der Waals surface area contributed by atoms with Crippen molar-refractivity contribution in [3.05, 3.63) is 0 Å². The van der Waals surface area contributed by atoms with Crippen LogP contribution in [-0.4, -0.2) is 12.1 Å². The van der Waals surface area contributed by atoms with Gasteiger partial charge in [-0.2, -0.15) is 4.67 Å². The average molecular weight is 120 g/mol. The molecule has 0 radical (unpaired) electrons. The van der Waals surface area contributed by atoms with E-state index in [0.717, 1.165) is 6.16 Å². The molecule has 1 fully saturated rings. The van der Waals surface area contributed by atoms with E-state index in [1.165, 1.54) is 0 Å². The molecular formula is C3H5O3P. The number of carbonyl (C=O) groups is 1. The molecular weight excluding hydrogens is 115 g/mol. The second kappa shape index (κ2) is 2.24. The maximum atomic E-state index is 10.1. The minimum Gasteiger partial charge on any atom is -0.295 e. The zero-order valence-corrected chi connectivity index (χ0v) is 4.64. The first-order valence-corrected chi connectivity index (χ1v) is 3.10. The molecule has 0 amide bonds. The molecule has 0 aromatic heterocycles. The van der Waals surface area contributed by atoms with Crippen LogP contribution in [0.15, 0.2) is 0 Å². The third-order valence-corrected chi connectivity index (χ3v) is 1.28. The lowest BCUT2D eigenvalue weighted by atomic mass is 10.5. The Labute approximate surface area is 42.8 Å². The van der Waals surface area contributed by atoms with Crippen molar-refractivity contribution in [2.75, 3.05) is 6.16 Å². The highest BCUT2D eigenvalue weighted by Gasteiger charge is 2.08. The predicted molar refractivity (Wildman–Crippen MR) is 25.0 cm³/mol. The van der Waals surface area contributed by atoms with Gasteiger partial charge in [0.05, 0.1) is 15.2 Å². The van der Waals surface area contributed by atoms with E-state index in [1.807, 2.05) is 0 Å². The van der Waals surface area contributed by atoms with Crippen LogP contribution in [0.5, 0.6) is 0 Å². The topological polar surface area (TPSA) is 35.5 Å². The quantitative estimate of drug-likeness (QED) is 0.344. The molecule has 7 heavy (non-hydrogen) atoms. The first-order valence-electron chi connectivity index (χ1n) is 1.99. The summed E-state index contributed by atoms with van der Waals surface area (Å²) in [6, 6.07) is 0. The van der Waals surface area contributed by atoms with E-state index in [1.54, 1.807) is 0 Å². The minimum absolute atomic E-state index is 0.251. The summed E-state index contributed by atoms with van der Waals surface area (Å²) in [5.74, 6) is -0.251. The fourth-order valence-electron chi connectivity index (χ4n) is 0.312. The zero-order chi connectivity index (χ0) is 5.11. The standard InChI is InChI=1S/C3H5O3P/c4-3-1-2-7-6-5-3/h7H,1-2H2. The third kappa shape index (κ3) is 1.41. The summed E-state index contributed by atoms with van der Waals surface area (Å²) in [5.41, 5.74) is 0. The minimum atomic E-state index is -0.251. The Hall–Kier alpha value is -0.140. The number of hydrogen-bond donors (Lipinski definition) is 0. The molecule has 3 nitrogen and oxygen atoms in total. The Kier molecular flexibility index (Phi) is 1.60. The van der Waals surface area contributed by atoms with Crippen LogP contribution in [0, 0.1) is 0 Å². The monoisotopic (exact) mass is 120 g/mol. The lowest BCUT2D eigenvalue weighted by molar-refractivity contribution is -0.211. The molecule has 0 N–H and O–H groups in total. The molecule has 0 aromatic rings. The van der Waals surface area contributed by atoms with Crippen molar-refractivity contribution in [3.63, 3.8) is 0 Å². The second-order valence-corrected chi connectivity index (χ2v) is 2.14. The van der Waals surface area contributed by atoms with E-state index in [-0.39, 0.29) is 5.97 Å². The van der Waals surface area contributed by atoms with E-state index in [0.29, 0.717) is 15.2 Å². The Morgan fingerprint density at radius 1 is 1.71 bits per heavy atom. The van der Waals surface area contributed by atoms with Crippen LogP contribution < -0.4 is 0 Å². The summed E-state index contributed by atoms with van der Waals surface area (Å²) >= 11 is 0. The predicted octanol–water partition coefficient (Wildman–Crippen LogP) is 0.458. The molecule has 1 unspecified atom stereocenters. The summed E-state index contributed by atoms with van der Waals surface area (Å²) in [5, 5.41) is 0. The van der Waals surface area contributed by atoms with Crippen molar-refractivity contribution in [2.24, 2.45) is 0 Å². The van der Waals surface area contributed by atoms with E-state index < -0.39 is 0 Å². The molecule has 1 aliphatic heterocycles. The largest absolute Gasteiger partial charge is 0.343 e. The van der Waals surface area contributed by atoms with Gasteiger partial charge in [0.2, 0.25) is 0 Å². The molecule has 0 bridgehead atoms. The summed E-state index contributed by atoms with van der Waals surface area (Å²) < 4.78 is 4.36. The molecule has 0 aliphatic carbocycles. The lowest BCUT2D eigenvalue weighted by Crippen LogP contribution is -2.07.